The van der Waals surface area contributed by atoms with Gasteiger partial charge in [0.1, 0.15) is 0 Å². The minimum absolute atomic E-state index is 0.360. The van der Waals surface area contributed by atoms with Crippen LogP contribution in [0.3, 0.4) is 0 Å². The second-order valence-corrected chi connectivity index (χ2v) is 7.09. The van der Waals surface area contributed by atoms with Crippen LogP contribution in [0.4, 0.5) is 11.4 Å². The Balaban J connectivity index is 3.55. The van der Waals surface area contributed by atoms with Crippen LogP contribution in [0.5, 0.6) is 0 Å². The van der Waals surface area contributed by atoms with Crippen LogP contribution in [0.2, 0.25) is 0 Å². The van der Waals surface area contributed by atoms with Gasteiger partial charge < -0.3 is 16.2 Å². The van der Waals surface area contributed by atoms with Gasteiger partial charge in [-0.25, -0.2) is 4.79 Å². The number of ether oxygens (including phenoxy) is 1. The van der Waals surface area contributed by atoms with Gasteiger partial charge in [-0.1, -0.05) is 20.8 Å². The second-order valence-electron chi connectivity index (χ2n) is 4.88. The Labute approximate surface area is 141 Å². The van der Waals surface area contributed by atoms with E-state index in [0.29, 0.717) is 23.4 Å². The third kappa shape index (κ3) is 4.04. The quantitative estimate of drug-likeness (QED) is 0.419. The molecule has 0 bridgehead atoms. The number of carbonyl (C=O) groups is 1. The van der Waals surface area contributed by atoms with Crippen LogP contribution in [-0.2, 0) is 11.2 Å². The van der Waals surface area contributed by atoms with Crippen LogP contribution in [0, 0.1) is 0 Å². The van der Waals surface area contributed by atoms with Gasteiger partial charge in [0.25, 0.3) is 0 Å². The highest BCUT2D eigenvalue weighted by atomic mass is 32.2. The van der Waals surface area contributed by atoms with Gasteiger partial charge in [-0.05, 0) is 36.3 Å². The van der Waals surface area contributed by atoms with Gasteiger partial charge in [-0.15, -0.1) is 23.5 Å². The van der Waals surface area contributed by atoms with Crippen LogP contribution in [0.25, 0.3) is 0 Å². The Morgan fingerprint density at radius 1 is 1.00 bits per heavy atom. The summed E-state index contributed by atoms with van der Waals surface area (Å²) >= 11 is 3.27. The highest BCUT2D eigenvalue weighted by molar-refractivity contribution is 8.00. The van der Waals surface area contributed by atoms with Gasteiger partial charge in [-0.2, -0.15) is 0 Å². The molecule has 0 aliphatic rings. The van der Waals surface area contributed by atoms with Crippen LogP contribution >= 0.6 is 23.5 Å². The van der Waals surface area contributed by atoms with Crippen molar-refractivity contribution >= 4 is 40.9 Å². The zero-order valence-corrected chi connectivity index (χ0v) is 15.5. The smallest absolute Gasteiger partial charge is 0.339 e. The number of benzene rings is 1. The highest BCUT2D eigenvalue weighted by Gasteiger charge is 2.25. The van der Waals surface area contributed by atoms with Crippen LogP contribution in [-0.4, -0.2) is 24.6 Å². The summed E-state index contributed by atoms with van der Waals surface area (Å²) in [6, 6.07) is 0. The van der Waals surface area contributed by atoms with E-state index in [9.17, 15) is 4.79 Å². The SMILES string of the molecule is CCCSc1c(N)c(CC)c(C(=O)OC)c(SCCC)c1N. The van der Waals surface area contributed by atoms with Crippen molar-refractivity contribution in [3.63, 3.8) is 0 Å². The number of carbonyl (C=O) groups excluding carboxylic acids is 1. The van der Waals surface area contributed by atoms with Crippen LogP contribution in [0.15, 0.2) is 9.79 Å². The van der Waals surface area contributed by atoms with Crippen molar-refractivity contribution in [3.8, 4) is 0 Å². The Bertz CT molecular complexity index is 534. The number of methoxy groups -OCH3 is 1. The minimum Gasteiger partial charge on any atom is -0.465 e. The standard InChI is InChI=1S/C16H26N2O2S2/c1-5-8-21-14-11(16(19)20-4)10(7-3)12(17)15(13(14)18)22-9-6-2/h5-9,17-18H2,1-4H3. The van der Waals surface area contributed by atoms with Crippen molar-refractivity contribution < 1.29 is 9.53 Å². The maximum atomic E-state index is 12.3. The molecular weight excluding hydrogens is 316 g/mol. The molecule has 4 nitrogen and oxygen atoms in total. The zero-order valence-electron chi connectivity index (χ0n) is 13.8. The molecule has 0 amide bonds. The summed E-state index contributed by atoms with van der Waals surface area (Å²) in [5, 5.41) is 0. The molecule has 1 aromatic rings. The van der Waals surface area contributed by atoms with E-state index in [1.807, 2.05) is 6.92 Å². The molecule has 0 radical (unpaired) electrons. The first-order chi connectivity index (χ1) is 10.5. The third-order valence-electron chi connectivity index (χ3n) is 3.23. The molecule has 0 heterocycles. The van der Waals surface area contributed by atoms with E-state index in [-0.39, 0.29) is 5.97 Å². The van der Waals surface area contributed by atoms with E-state index < -0.39 is 0 Å². The van der Waals surface area contributed by atoms with Crippen molar-refractivity contribution in [2.24, 2.45) is 0 Å². The molecule has 0 aliphatic heterocycles. The Hall–Kier alpha value is -1.01. The summed E-state index contributed by atoms with van der Waals surface area (Å²) in [6.45, 7) is 6.22. The molecule has 1 rings (SSSR count). The number of hydrogen-bond donors (Lipinski definition) is 2. The van der Waals surface area contributed by atoms with Crippen molar-refractivity contribution in [1.29, 1.82) is 0 Å². The summed E-state index contributed by atoms with van der Waals surface area (Å²) in [7, 11) is 1.39. The van der Waals surface area contributed by atoms with Gasteiger partial charge in [0.2, 0.25) is 0 Å². The van der Waals surface area contributed by atoms with E-state index in [1.165, 1.54) is 7.11 Å². The van der Waals surface area contributed by atoms with E-state index in [0.717, 1.165) is 39.7 Å². The lowest BCUT2D eigenvalue weighted by molar-refractivity contribution is 0.0595. The summed E-state index contributed by atoms with van der Waals surface area (Å²) in [5.74, 6) is 1.49. The molecule has 0 saturated carbocycles. The number of rotatable bonds is 8. The average Bonchev–Trinajstić information content (AvgIpc) is 2.52. The predicted molar refractivity (Wildman–Crippen MR) is 98.0 cm³/mol. The summed E-state index contributed by atoms with van der Waals surface area (Å²) < 4.78 is 4.96. The summed E-state index contributed by atoms with van der Waals surface area (Å²) in [6.07, 6.45) is 2.73. The molecule has 0 spiro atoms. The van der Waals surface area contributed by atoms with Crippen molar-refractivity contribution in [3.05, 3.63) is 11.1 Å². The van der Waals surface area contributed by atoms with Crippen molar-refractivity contribution in [2.75, 3.05) is 30.1 Å². The normalized spacial score (nSPS) is 10.7. The first-order valence-electron chi connectivity index (χ1n) is 7.60. The number of nitrogen functional groups attached to an aromatic ring is 2. The molecule has 4 N–H and O–H groups in total. The average molecular weight is 343 g/mol. The lowest BCUT2D eigenvalue weighted by atomic mass is 10.0. The predicted octanol–water partition coefficient (Wildman–Crippen LogP) is 4.20. The number of hydrogen-bond acceptors (Lipinski definition) is 6. The molecular formula is C16H26N2O2S2. The van der Waals surface area contributed by atoms with E-state index in [2.05, 4.69) is 13.8 Å². The Morgan fingerprint density at radius 2 is 1.55 bits per heavy atom. The molecule has 0 fully saturated rings. The fourth-order valence-electron chi connectivity index (χ4n) is 2.19. The lowest BCUT2D eigenvalue weighted by Crippen LogP contribution is -2.13. The van der Waals surface area contributed by atoms with E-state index in [4.69, 9.17) is 16.2 Å². The Morgan fingerprint density at radius 3 is 2.00 bits per heavy atom. The molecule has 124 valence electrons. The number of thioether (sulfide) groups is 2. The molecule has 0 aliphatic carbocycles. The molecule has 1 aromatic carbocycles. The minimum atomic E-state index is -0.360. The fraction of sp³-hybridized carbons (Fsp3) is 0.562. The first kappa shape index (κ1) is 19.0. The molecule has 6 heteroatoms. The maximum Gasteiger partial charge on any atom is 0.339 e. The second kappa shape index (κ2) is 9.20. The topological polar surface area (TPSA) is 78.3 Å². The molecule has 0 unspecified atom stereocenters. The number of esters is 1. The van der Waals surface area contributed by atoms with Gasteiger partial charge in [0.15, 0.2) is 0 Å². The Kier molecular flexibility index (Phi) is 7.96. The van der Waals surface area contributed by atoms with E-state index >= 15 is 0 Å². The maximum absolute atomic E-state index is 12.3. The molecule has 0 atom stereocenters. The largest absolute Gasteiger partial charge is 0.465 e. The van der Waals surface area contributed by atoms with Gasteiger partial charge in [0.05, 0.1) is 28.9 Å². The zero-order chi connectivity index (χ0) is 16.7. The lowest BCUT2D eigenvalue weighted by Gasteiger charge is -2.20. The van der Waals surface area contributed by atoms with Crippen molar-refractivity contribution in [2.45, 2.75) is 49.8 Å². The van der Waals surface area contributed by atoms with Crippen LogP contribution in [0.1, 0.15) is 49.5 Å². The van der Waals surface area contributed by atoms with Gasteiger partial charge in [0, 0.05) is 4.90 Å². The van der Waals surface area contributed by atoms with Crippen LogP contribution < -0.4 is 11.5 Å². The van der Waals surface area contributed by atoms with Gasteiger partial charge >= 0.3 is 5.97 Å². The van der Waals surface area contributed by atoms with Gasteiger partial charge in [-0.3, -0.25) is 0 Å². The summed E-state index contributed by atoms with van der Waals surface area (Å²) in [5.41, 5.74) is 15.3. The van der Waals surface area contributed by atoms with Crippen molar-refractivity contribution in [1.82, 2.24) is 0 Å². The first-order valence-corrected chi connectivity index (χ1v) is 9.58. The molecule has 0 saturated heterocycles. The van der Waals surface area contributed by atoms with E-state index in [1.54, 1.807) is 23.5 Å². The third-order valence-corrected chi connectivity index (χ3v) is 5.90. The summed E-state index contributed by atoms with van der Waals surface area (Å²) in [4.78, 5) is 14.0. The number of anilines is 2. The fourth-order valence-corrected chi connectivity index (χ4v) is 4.22. The molecule has 22 heavy (non-hydrogen) atoms. The highest BCUT2D eigenvalue weighted by Crippen LogP contribution is 2.44. The number of nitrogens with two attached hydrogens (primary N) is 2. The monoisotopic (exact) mass is 342 g/mol. The molecule has 0 aromatic heterocycles.